The topological polar surface area (TPSA) is 0 Å². The van der Waals surface area contributed by atoms with E-state index < -0.39 is 0 Å². The Morgan fingerprint density at radius 1 is 1.13 bits per heavy atom. The fourth-order valence-electron chi connectivity index (χ4n) is 1.91. The Kier molecular flexibility index (Phi) is 2.26. The van der Waals surface area contributed by atoms with Crippen LogP contribution in [0.1, 0.15) is 5.56 Å². The monoisotopic (exact) mass is 211 g/mol. The normalized spacial score (nSPS) is 26.9. The van der Waals surface area contributed by atoms with Gasteiger partial charge in [-0.3, -0.25) is 0 Å². The summed E-state index contributed by atoms with van der Waals surface area (Å²) in [6.45, 7) is 0. The van der Waals surface area contributed by atoms with Gasteiger partial charge in [-0.15, -0.1) is 11.8 Å². The second-order valence-corrected chi connectivity index (χ2v) is 4.97. The SMILES string of the molecule is [C]1=CC2Sc3ccccc3C=CC2C=C1. The molecule has 3 rings (SSSR count). The number of rotatable bonds is 0. The summed E-state index contributed by atoms with van der Waals surface area (Å²) >= 11 is 1.93. The third kappa shape index (κ3) is 1.68. The van der Waals surface area contributed by atoms with Crippen molar-refractivity contribution in [3.05, 3.63) is 60.2 Å². The zero-order valence-corrected chi connectivity index (χ0v) is 9.08. The number of hydrogen-bond acceptors (Lipinski definition) is 1. The summed E-state index contributed by atoms with van der Waals surface area (Å²) in [4.78, 5) is 1.37. The quantitative estimate of drug-likeness (QED) is 0.630. The van der Waals surface area contributed by atoms with Crippen molar-refractivity contribution in [3.63, 3.8) is 0 Å². The molecule has 0 amide bonds. The Hall–Kier alpha value is -1.21. The second kappa shape index (κ2) is 3.74. The lowest BCUT2D eigenvalue weighted by Crippen LogP contribution is -2.11. The van der Waals surface area contributed by atoms with E-state index in [1.54, 1.807) is 0 Å². The molecule has 1 radical (unpaired) electrons. The molecule has 0 spiro atoms. The molecule has 1 aromatic carbocycles. The van der Waals surface area contributed by atoms with Crippen LogP contribution in [-0.4, -0.2) is 5.25 Å². The molecule has 2 atom stereocenters. The Bertz CT molecular complexity index is 454. The summed E-state index contributed by atoms with van der Waals surface area (Å²) in [5, 5.41) is 0.509. The Morgan fingerprint density at radius 2 is 2.07 bits per heavy atom. The smallest absolute Gasteiger partial charge is 0.0381 e. The largest absolute Gasteiger partial charge is 0.117 e. The Labute approximate surface area is 94.4 Å². The maximum Gasteiger partial charge on any atom is 0.0381 e. The van der Waals surface area contributed by atoms with Crippen LogP contribution in [0, 0.1) is 12.0 Å². The Morgan fingerprint density at radius 3 is 3.07 bits per heavy atom. The molecule has 1 heterocycles. The molecule has 73 valence electrons. The van der Waals surface area contributed by atoms with Crippen molar-refractivity contribution in [1.29, 1.82) is 0 Å². The van der Waals surface area contributed by atoms with E-state index in [4.69, 9.17) is 0 Å². The van der Waals surface area contributed by atoms with Gasteiger partial charge in [0.2, 0.25) is 0 Å². The highest BCUT2D eigenvalue weighted by Gasteiger charge is 2.20. The van der Waals surface area contributed by atoms with Gasteiger partial charge in [0.1, 0.15) is 0 Å². The highest BCUT2D eigenvalue weighted by molar-refractivity contribution is 8.00. The molecule has 2 aliphatic rings. The van der Waals surface area contributed by atoms with Gasteiger partial charge in [0.25, 0.3) is 0 Å². The van der Waals surface area contributed by atoms with Crippen molar-refractivity contribution in [2.24, 2.45) is 5.92 Å². The van der Waals surface area contributed by atoms with E-state index in [0.717, 1.165) is 0 Å². The average molecular weight is 211 g/mol. The first-order valence-electron chi connectivity index (χ1n) is 5.13. The molecular weight excluding hydrogens is 200 g/mol. The lowest BCUT2D eigenvalue weighted by atomic mass is 9.99. The van der Waals surface area contributed by atoms with Crippen molar-refractivity contribution in [1.82, 2.24) is 0 Å². The van der Waals surface area contributed by atoms with Crippen molar-refractivity contribution in [2.45, 2.75) is 10.1 Å². The summed E-state index contributed by atoms with van der Waals surface area (Å²) in [7, 11) is 0. The van der Waals surface area contributed by atoms with Gasteiger partial charge >= 0.3 is 0 Å². The number of hydrogen-bond donors (Lipinski definition) is 0. The van der Waals surface area contributed by atoms with Gasteiger partial charge in [-0.05, 0) is 17.7 Å². The molecule has 2 unspecified atom stereocenters. The summed E-state index contributed by atoms with van der Waals surface area (Å²) in [5.41, 5.74) is 1.33. The van der Waals surface area contributed by atoms with Gasteiger partial charge in [0, 0.05) is 16.1 Å². The molecule has 0 saturated carbocycles. The average Bonchev–Trinajstić information content (AvgIpc) is 2.48. The van der Waals surface area contributed by atoms with Gasteiger partial charge in [0.05, 0.1) is 0 Å². The van der Waals surface area contributed by atoms with Crippen LogP contribution in [0.2, 0.25) is 0 Å². The van der Waals surface area contributed by atoms with E-state index in [-0.39, 0.29) is 0 Å². The first kappa shape index (κ1) is 9.05. The molecule has 0 fully saturated rings. The molecular formula is C14H11S. The summed E-state index contributed by atoms with van der Waals surface area (Å²) in [6, 6.07) is 8.56. The predicted molar refractivity (Wildman–Crippen MR) is 65.6 cm³/mol. The number of thioether (sulfide) groups is 1. The minimum Gasteiger partial charge on any atom is -0.117 e. The summed E-state index contributed by atoms with van der Waals surface area (Å²) in [6.07, 6.45) is 14.1. The van der Waals surface area contributed by atoms with Gasteiger partial charge in [-0.25, -0.2) is 0 Å². The van der Waals surface area contributed by atoms with E-state index in [1.165, 1.54) is 10.5 Å². The first-order chi connectivity index (χ1) is 7.43. The fourth-order valence-corrected chi connectivity index (χ4v) is 3.12. The zero-order valence-electron chi connectivity index (χ0n) is 8.26. The maximum atomic E-state index is 3.18. The van der Waals surface area contributed by atoms with Crippen LogP contribution in [0.25, 0.3) is 6.08 Å². The van der Waals surface area contributed by atoms with Crippen molar-refractivity contribution >= 4 is 17.8 Å². The molecule has 1 aliphatic heterocycles. The minimum absolute atomic E-state index is 0.509. The van der Waals surface area contributed by atoms with Crippen LogP contribution in [0.5, 0.6) is 0 Å². The van der Waals surface area contributed by atoms with Crippen molar-refractivity contribution < 1.29 is 0 Å². The molecule has 0 nitrogen and oxygen atoms in total. The molecule has 0 N–H and O–H groups in total. The van der Waals surface area contributed by atoms with Crippen LogP contribution < -0.4 is 0 Å². The van der Waals surface area contributed by atoms with Crippen LogP contribution in [-0.2, 0) is 0 Å². The maximum absolute atomic E-state index is 3.18. The molecule has 1 aromatic rings. The van der Waals surface area contributed by atoms with Crippen LogP contribution in [0.3, 0.4) is 0 Å². The fraction of sp³-hybridized carbons (Fsp3) is 0.143. The van der Waals surface area contributed by atoms with E-state index >= 15 is 0 Å². The number of allylic oxidation sites excluding steroid dienone is 4. The molecule has 1 heteroatoms. The summed E-state index contributed by atoms with van der Waals surface area (Å²) < 4.78 is 0. The first-order valence-corrected chi connectivity index (χ1v) is 6.01. The summed E-state index contributed by atoms with van der Waals surface area (Å²) in [5.74, 6) is 0.517. The second-order valence-electron chi connectivity index (χ2n) is 3.75. The molecule has 0 saturated heterocycles. The van der Waals surface area contributed by atoms with Crippen molar-refractivity contribution in [3.8, 4) is 0 Å². The molecule has 1 aliphatic carbocycles. The number of benzene rings is 1. The van der Waals surface area contributed by atoms with Crippen LogP contribution >= 0.6 is 11.8 Å². The Balaban J connectivity index is 2.04. The lowest BCUT2D eigenvalue weighted by molar-refractivity contribution is 0.843. The zero-order chi connectivity index (χ0) is 10.1. The van der Waals surface area contributed by atoms with Gasteiger partial charge in [0.15, 0.2) is 0 Å². The van der Waals surface area contributed by atoms with E-state index in [0.29, 0.717) is 11.2 Å². The van der Waals surface area contributed by atoms with Gasteiger partial charge in [-0.1, -0.05) is 48.6 Å². The standard InChI is InChI=1S/C14H11S/c1-3-7-13-11(5-1)9-10-12-6-2-4-8-14(12)15-13/h1-3,5-10,12,14H. The van der Waals surface area contributed by atoms with E-state index in [1.807, 2.05) is 17.8 Å². The molecule has 0 aromatic heterocycles. The highest BCUT2D eigenvalue weighted by atomic mass is 32.2. The van der Waals surface area contributed by atoms with Crippen LogP contribution in [0.15, 0.2) is 53.5 Å². The number of fused-ring (bicyclic) bond motifs is 2. The van der Waals surface area contributed by atoms with Gasteiger partial charge < -0.3 is 0 Å². The third-order valence-corrected chi connectivity index (χ3v) is 4.08. The van der Waals surface area contributed by atoms with E-state index in [9.17, 15) is 0 Å². The van der Waals surface area contributed by atoms with Crippen LogP contribution in [0.4, 0.5) is 0 Å². The minimum atomic E-state index is 0.509. The highest BCUT2D eigenvalue weighted by Crippen LogP contribution is 2.37. The van der Waals surface area contributed by atoms with Crippen molar-refractivity contribution in [2.75, 3.05) is 0 Å². The third-order valence-electron chi connectivity index (χ3n) is 2.73. The predicted octanol–water partition coefficient (Wildman–Crippen LogP) is 3.72. The molecule has 0 bridgehead atoms. The van der Waals surface area contributed by atoms with E-state index in [2.05, 4.69) is 54.6 Å². The van der Waals surface area contributed by atoms with Gasteiger partial charge in [-0.2, -0.15) is 0 Å². The molecule has 15 heavy (non-hydrogen) atoms. The lowest BCUT2D eigenvalue weighted by Gasteiger charge is -2.18.